The largest absolute Gasteiger partial charge is 0.243 e. The molecule has 120 valence electrons. The van der Waals surface area contributed by atoms with E-state index in [-0.39, 0.29) is 0 Å². The topological polar surface area (TPSA) is 36.4 Å². The first kappa shape index (κ1) is 16.5. The number of hydrogen-bond donors (Lipinski definition) is 2. The lowest BCUT2D eigenvalue weighted by Gasteiger charge is -2.18. The maximum atomic E-state index is 4.68. The van der Waals surface area contributed by atoms with Crippen molar-refractivity contribution in [2.75, 3.05) is 6.54 Å². The molecule has 0 aromatic rings. The molecule has 0 fully saturated rings. The van der Waals surface area contributed by atoms with Crippen LogP contribution < -0.4 is 11.0 Å². The lowest BCUT2D eigenvalue weighted by molar-refractivity contribution is 0.510. The molecule has 0 bridgehead atoms. The van der Waals surface area contributed by atoms with Crippen LogP contribution in [0.5, 0.6) is 0 Å². The van der Waals surface area contributed by atoms with E-state index in [0.717, 1.165) is 13.0 Å². The zero-order chi connectivity index (χ0) is 14.8. The summed E-state index contributed by atoms with van der Waals surface area (Å²) < 4.78 is 0. The third kappa shape index (κ3) is 6.21. The minimum atomic E-state index is 1.02. The number of hydrogen-bond acceptors (Lipinski definition) is 3. The minimum Gasteiger partial charge on any atom is -0.243 e. The fourth-order valence-electron chi connectivity index (χ4n) is 3.45. The fourth-order valence-corrected chi connectivity index (χ4v) is 3.45. The van der Waals surface area contributed by atoms with E-state index in [9.17, 15) is 0 Å². The van der Waals surface area contributed by atoms with Gasteiger partial charge in [-0.25, -0.2) is 11.0 Å². The maximum absolute atomic E-state index is 4.68. The molecule has 1 heterocycles. The Kier molecular flexibility index (Phi) is 7.87. The highest BCUT2D eigenvalue weighted by atomic mass is 15.6. The standard InChI is InChI=1S/C18H33N3/c1-16-12-8-4-2-3-5-9-13-17(16)18-14-10-6-7-11-15-19-21-20-18/h19,21H,2-15H2,1H3. The van der Waals surface area contributed by atoms with Crippen LogP contribution in [0, 0.1) is 0 Å². The summed E-state index contributed by atoms with van der Waals surface area (Å²) in [6.45, 7) is 3.36. The zero-order valence-corrected chi connectivity index (χ0v) is 13.8. The van der Waals surface area contributed by atoms with Gasteiger partial charge >= 0.3 is 0 Å². The Bertz CT molecular complexity index is 357. The molecule has 0 saturated heterocycles. The highest BCUT2D eigenvalue weighted by molar-refractivity contribution is 6.00. The zero-order valence-electron chi connectivity index (χ0n) is 13.8. The van der Waals surface area contributed by atoms with Crippen LogP contribution in [0.3, 0.4) is 0 Å². The van der Waals surface area contributed by atoms with Gasteiger partial charge in [-0.05, 0) is 57.4 Å². The molecule has 0 atom stereocenters. The Hall–Kier alpha value is -0.830. The Labute approximate surface area is 130 Å². The van der Waals surface area contributed by atoms with Gasteiger partial charge in [-0.2, -0.15) is 5.10 Å². The van der Waals surface area contributed by atoms with Crippen LogP contribution in [-0.2, 0) is 0 Å². The van der Waals surface area contributed by atoms with Gasteiger partial charge in [0, 0.05) is 6.54 Å². The first-order chi connectivity index (χ1) is 10.4. The van der Waals surface area contributed by atoms with Crippen molar-refractivity contribution >= 4 is 5.71 Å². The van der Waals surface area contributed by atoms with E-state index in [0.29, 0.717) is 0 Å². The van der Waals surface area contributed by atoms with Crippen molar-refractivity contribution in [3.05, 3.63) is 11.1 Å². The SMILES string of the molecule is CC1=C(C2=NNNCCCCCC2)CCCCCCCC1. The second-order valence-electron chi connectivity index (χ2n) is 6.64. The average molecular weight is 291 g/mol. The number of hydrazone groups is 1. The van der Waals surface area contributed by atoms with Crippen molar-refractivity contribution in [1.29, 1.82) is 0 Å². The molecule has 0 radical (unpaired) electrons. The van der Waals surface area contributed by atoms with Crippen LogP contribution in [-0.4, -0.2) is 12.3 Å². The van der Waals surface area contributed by atoms with E-state index in [1.807, 2.05) is 0 Å². The summed E-state index contributed by atoms with van der Waals surface area (Å²) in [7, 11) is 0. The molecule has 1 aliphatic carbocycles. The summed E-state index contributed by atoms with van der Waals surface area (Å²) in [5.74, 6) is 0. The quantitative estimate of drug-likeness (QED) is 0.724. The van der Waals surface area contributed by atoms with Crippen molar-refractivity contribution in [1.82, 2.24) is 11.0 Å². The van der Waals surface area contributed by atoms with Crippen molar-refractivity contribution in [2.24, 2.45) is 5.10 Å². The third-order valence-electron chi connectivity index (χ3n) is 4.83. The van der Waals surface area contributed by atoms with Gasteiger partial charge in [0.1, 0.15) is 0 Å². The molecule has 0 spiro atoms. The third-order valence-corrected chi connectivity index (χ3v) is 4.83. The van der Waals surface area contributed by atoms with Gasteiger partial charge in [-0.15, -0.1) is 0 Å². The van der Waals surface area contributed by atoms with Gasteiger partial charge in [-0.1, -0.05) is 44.1 Å². The van der Waals surface area contributed by atoms with Gasteiger partial charge in [-0.3, -0.25) is 0 Å². The predicted molar refractivity (Wildman–Crippen MR) is 91.3 cm³/mol. The van der Waals surface area contributed by atoms with Gasteiger partial charge in [0.15, 0.2) is 0 Å². The predicted octanol–water partition coefficient (Wildman–Crippen LogP) is 4.85. The smallest absolute Gasteiger partial charge is 0.0649 e. The lowest BCUT2D eigenvalue weighted by Crippen LogP contribution is -2.30. The molecule has 1 aliphatic heterocycles. The monoisotopic (exact) mass is 291 g/mol. The fraction of sp³-hybridized carbons (Fsp3) is 0.833. The number of hydrazine groups is 1. The summed E-state index contributed by atoms with van der Waals surface area (Å²) in [6, 6.07) is 0. The second-order valence-corrected chi connectivity index (χ2v) is 6.64. The molecule has 3 nitrogen and oxygen atoms in total. The van der Waals surface area contributed by atoms with E-state index < -0.39 is 0 Å². The van der Waals surface area contributed by atoms with Crippen LogP contribution in [0.15, 0.2) is 16.2 Å². The molecular weight excluding hydrogens is 258 g/mol. The summed E-state index contributed by atoms with van der Waals surface area (Å²) >= 11 is 0. The number of nitrogens with zero attached hydrogens (tertiary/aromatic N) is 1. The Morgan fingerprint density at radius 3 is 2.14 bits per heavy atom. The molecule has 0 aromatic carbocycles. The molecule has 3 heteroatoms. The van der Waals surface area contributed by atoms with Crippen LogP contribution >= 0.6 is 0 Å². The van der Waals surface area contributed by atoms with Crippen molar-refractivity contribution in [3.8, 4) is 0 Å². The Morgan fingerprint density at radius 1 is 0.714 bits per heavy atom. The second kappa shape index (κ2) is 9.99. The first-order valence-electron chi connectivity index (χ1n) is 9.11. The number of allylic oxidation sites excluding steroid dienone is 2. The normalized spacial score (nSPS) is 24.0. The van der Waals surface area contributed by atoms with Gasteiger partial charge in [0.25, 0.3) is 0 Å². The summed E-state index contributed by atoms with van der Waals surface area (Å²) in [4.78, 5) is 0. The van der Waals surface area contributed by atoms with Crippen LogP contribution in [0.1, 0.15) is 90.4 Å². The molecule has 21 heavy (non-hydrogen) atoms. The van der Waals surface area contributed by atoms with Gasteiger partial charge in [0.05, 0.1) is 5.71 Å². The van der Waals surface area contributed by atoms with Gasteiger partial charge in [0.2, 0.25) is 0 Å². The first-order valence-corrected chi connectivity index (χ1v) is 9.11. The average Bonchev–Trinajstić information content (AvgIpc) is 2.51. The molecular formula is C18H33N3. The van der Waals surface area contributed by atoms with E-state index in [1.165, 1.54) is 82.8 Å². The van der Waals surface area contributed by atoms with Crippen molar-refractivity contribution < 1.29 is 0 Å². The van der Waals surface area contributed by atoms with E-state index in [4.69, 9.17) is 0 Å². The summed E-state index contributed by atoms with van der Waals surface area (Å²) in [5.41, 5.74) is 10.8. The van der Waals surface area contributed by atoms with Crippen LogP contribution in [0.25, 0.3) is 0 Å². The summed E-state index contributed by atoms with van der Waals surface area (Å²) in [6.07, 6.45) is 17.2. The van der Waals surface area contributed by atoms with Crippen molar-refractivity contribution in [2.45, 2.75) is 90.4 Å². The molecule has 0 amide bonds. The van der Waals surface area contributed by atoms with Crippen LogP contribution in [0.2, 0.25) is 0 Å². The molecule has 2 rings (SSSR count). The van der Waals surface area contributed by atoms with Gasteiger partial charge < -0.3 is 0 Å². The molecule has 0 aromatic heterocycles. The van der Waals surface area contributed by atoms with Crippen molar-refractivity contribution in [3.63, 3.8) is 0 Å². The highest BCUT2D eigenvalue weighted by Crippen LogP contribution is 2.25. The Balaban J connectivity index is 2.08. The molecule has 0 unspecified atom stereocenters. The number of rotatable bonds is 1. The molecule has 2 N–H and O–H groups in total. The highest BCUT2D eigenvalue weighted by Gasteiger charge is 2.13. The van der Waals surface area contributed by atoms with Crippen LogP contribution in [0.4, 0.5) is 0 Å². The van der Waals surface area contributed by atoms with E-state index in [2.05, 4.69) is 23.0 Å². The minimum absolute atomic E-state index is 1.02. The number of nitrogens with one attached hydrogen (secondary N) is 2. The van der Waals surface area contributed by atoms with E-state index in [1.54, 1.807) is 11.1 Å². The lowest BCUT2D eigenvalue weighted by atomic mass is 9.90. The Morgan fingerprint density at radius 2 is 1.33 bits per heavy atom. The maximum Gasteiger partial charge on any atom is 0.0649 e. The molecule has 0 saturated carbocycles. The molecule has 2 aliphatic rings. The summed E-state index contributed by atoms with van der Waals surface area (Å²) in [5, 5.41) is 4.68. The van der Waals surface area contributed by atoms with E-state index >= 15 is 0 Å².